The number of alkyl carbamates (subject to hydrolysis) is 1. The number of nitrogens with one attached hydrogen (secondary N) is 1. The number of phenols is 1. The fraction of sp³-hybridized carbons (Fsp3) is 0.438. The summed E-state index contributed by atoms with van der Waals surface area (Å²) >= 11 is 0. The van der Waals surface area contributed by atoms with Crippen molar-refractivity contribution >= 4 is 6.09 Å². The number of carbonyl (C=O) groups excluding carboxylic acids is 1. The summed E-state index contributed by atoms with van der Waals surface area (Å²) in [5.74, 6) is 4.68. The van der Waals surface area contributed by atoms with E-state index >= 15 is 0 Å². The fourth-order valence-electron chi connectivity index (χ4n) is 1.51. The molecule has 23 heavy (non-hydrogen) atoms. The molecule has 1 amide bonds. The van der Waals surface area contributed by atoms with Crippen molar-refractivity contribution in [2.24, 2.45) is 0 Å². The van der Waals surface area contributed by atoms with Gasteiger partial charge in [-0.25, -0.2) is 4.79 Å². The quantitative estimate of drug-likeness (QED) is 0.643. The van der Waals surface area contributed by atoms with Crippen LogP contribution >= 0.6 is 0 Å². The first-order valence-corrected chi connectivity index (χ1v) is 6.85. The maximum atomic E-state index is 12.4. The first-order valence-electron chi connectivity index (χ1n) is 6.85. The molecule has 0 spiro atoms. The predicted molar refractivity (Wildman–Crippen MR) is 78.8 cm³/mol. The van der Waals surface area contributed by atoms with Gasteiger partial charge >= 0.3 is 12.3 Å². The number of benzene rings is 1. The topological polar surface area (TPSA) is 58.6 Å². The van der Waals surface area contributed by atoms with Crippen LogP contribution in [-0.4, -0.2) is 23.3 Å². The van der Waals surface area contributed by atoms with Gasteiger partial charge in [0.25, 0.3) is 0 Å². The van der Waals surface area contributed by atoms with E-state index in [2.05, 4.69) is 17.2 Å². The van der Waals surface area contributed by atoms with Gasteiger partial charge in [-0.05, 0) is 39.0 Å². The summed E-state index contributed by atoms with van der Waals surface area (Å²) in [5.41, 5.74) is -1.44. The normalized spacial score (nSPS) is 11.4. The molecule has 4 nitrogen and oxygen atoms in total. The summed E-state index contributed by atoms with van der Waals surface area (Å²) in [7, 11) is 0. The molecule has 0 heterocycles. The number of rotatable bonds is 2. The minimum Gasteiger partial charge on any atom is -0.507 e. The lowest BCUT2D eigenvalue weighted by atomic mass is 10.1. The molecule has 0 unspecified atom stereocenters. The van der Waals surface area contributed by atoms with Crippen molar-refractivity contribution in [1.82, 2.24) is 5.32 Å². The second-order valence-electron chi connectivity index (χ2n) is 5.71. The first kappa shape index (κ1) is 18.7. The molecule has 0 radical (unpaired) electrons. The van der Waals surface area contributed by atoms with Crippen LogP contribution in [-0.2, 0) is 10.9 Å². The number of hydrogen-bond acceptors (Lipinski definition) is 3. The van der Waals surface area contributed by atoms with Crippen LogP contribution in [0.25, 0.3) is 0 Å². The van der Waals surface area contributed by atoms with Crippen molar-refractivity contribution in [3.63, 3.8) is 0 Å². The Hall–Kier alpha value is -2.36. The molecule has 0 atom stereocenters. The van der Waals surface area contributed by atoms with E-state index in [0.717, 1.165) is 12.1 Å². The molecule has 1 rings (SSSR count). The van der Waals surface area contributed by atoms with E-state index in [1.54, 1.807) is 20.8 Å². The summed E-state index contributed by atoms with van der Waals surface area (Å²) in [4.78, 5) is 11.3. The minimum absolute atomic E-state index is 0.0928. The minimum atomic E-state index is -4.51. The third-order valence-electron chi connectivity index (χ3n) is 2.47. The van der Waals surface area contributed by atoms with Crippen LogP contribution in [0.2, 0.25) is 0 Å². The summed E-state index contributed by atoms with van der Waals surface area (Å²) in [6.45, 7) is 5.43. The van der Waals surface area contributed by atoms with E-state index in [4.69, 9.17) is 4.74 Å². The van der Waals surface area contributed by atoms with E-state index in [-0.39, 0.29) is 18.5 Å². The molecule has 7 heteroatoms. The van der Waals surface area contributed by atoms with Crippen molar-refractivity contribution in [3.05, 3.63) is 29.3 Å². The number of aromatic hydroxyl groups is 1. The molecule has 0 bridgehead atoms. The van der Waals surface area contributed by atoms with Crippen molar-refractivity contribution in [3.8, 4) is 17.6 Å². The monoisotopic (exact) mass is 329 g/mol. The van der Waals surface area contributed by atoms with Gasteiger partial charge in [0.05, 0.1) is 11.1 Å². The standard InChI is InChI=1S/C16H18F3NO3/c1-15(2,3)23-14(22)20-9-5-4-6-11-7-8-12(10-13(11)21)16(17,18)19/h7-8,10,21H,5,9H2,1-3H3,(H,20,22). The predicted octanol–water partition coefficient (Wildman–Crippen LogP) is 3.68. The number of carbonyl (C=O) groups is 1. The second kappa shape index (κ2) is 7.27. The molecule has 0 aromatic heterocycles. The van der Waals surface area contributed by atoms with Gasteiger partial charge in [0.2, 0.25) is 0 Å². The summed E-state index contributed by atoms with van der Waals surface area (Å²) in [5, 5.41) is 12.0. The van der Waals surface area contributed by atoms with Gasteiger partial charge in [-0.3, -0.25) is 0 Å². The van der Waals surface area contributed by atoms with Gasteiger partial charge in [0.15, 0.2) is 0 Å². The SMILES string of the molecule is CC(C)(C)OC(=O)NCCC#Cc1ccc(C(F)(F)F)cc1O. The molecular weight excluding hydrogens is 311 g/mol. The van der Waals surface area contributed by atoms with Crippen LogP contribution in [0.5, 0.6) is 5.75 Å². The van der Waals surface area contributed by atoms with Crippen LogP contribution in [0.15, 0.2) is 18.2 Å². The Morgan fingerprint density at radius 3 is 2.48 bits per heavy atom. The molecule has 0 aliphatic rings. The third kappa shape index (κ3) is 6.96. The molecule has 0 saturated heterocycles. The zero-order valence-corrected chi connectivity index (χ0v) is 13.0. The van der Waals surface area contributed by atoms with E-state index in [9.17, 15) is 23.1 Å². The zero-order valence-electron chi connectivity index (χ0n) is 13.0. The van der Waals surface area contributed by atoms with Crippen molar-refractivity contribution < 1.29 is 27.8 Å². The average Bonchev–Trinajstić information content (AvgIpc) is 2.36. The lowest BCUT2D eigenvalue weighted by Gasteiger charge is -2.19. The highest BCUT2D eigenvalue weighted by Crippen LogP contribution is 2.32. The van der Waals surface area contributed by atoms with Crippen LogP contribution in [0.3, 0.4) is 0 Å². The van der Waals surface area contributed by atoms with Crippen LogP contribution < -0.4 is 5.32 Å². The summed E-state index contributed by atoms with van der Waals surface area (Å²) in [6, 6.07) is 2.58. The number of phenolic OH excluding ortho intramolecular Hbond substituents is 1. The Kier molecular flexibility index (Phi) is 5.91. The highest BCUT2D eigenvalue weighted by atomic mass is 19.4. The fourth-order valence-corrected chi connectivity index (χ4v) is 1.51. The van der Waals surface area contributed by atoms with E-state index in [0.29, 0.717) is 6.07 Å². The molecular formula is C16H18F3NO3. The molecule has 0 fully saturated rings. The Labute approximate surface area is 132 Å². The number of amides is 1. The van der Waals surface area contributed by atoms with Gasteiger partial charge in [0.1, 0.15) is 11.4 Å². The molecule has 1 aromatic rings. The van der Waals surface area contributed by atoms with E-state index in [1.165, 1.54) is 0 Å². The Bertz CT molecular complexity index is 622. The van der Waals surface area contributed by atoms with Crippen molar-refractivity contribution in [1.29, 1.82) is 0 Å². The molecule has 0 saturated carbocycles. The van der Waals surface area contributed by atoms with Gasteiger partial charge < -0.3 is 15.2 Å². The Balaban J connectivity index is 2.53. The highest BCUT2D eigenvalue weighted by molar-refractivity contribution is 5.67. The summed E-state index contributed by atoms with van der Waals surface area (Å²) < 4.78 is 42.4. The lowest BCUT2D eigenvalue weighted by Crippen LogP contribution is -2.32. The van der Waals surface area contributed by atoms with Gasteiger partial charge in [-0.15, -0.1) is 0 Å². The van der Waals surface area contributed by atoms with Crippen molar-refractivity contribution in [2.75, 3.05) is 6.54 Å². The number of hydrogen-bond donors (Lipinski definition) is 2. The molecule has 0 aliphatic carbocycles. The van der Waals surface area contributed by atoms with E-state index in [1.807, 2.05) is 0 Å². The van der Waals surface area contributed by atoms with E-state index < -0.39 is 29.2 Å². The number of ether oxygens (including phenoxy) is 1. The van der Waals surface area contributed by atoms with Gasteiger partial charge in [-0.2, -0.15) is 13.2 Å². The largest absolute Gasteiger partial charge is 0.507 e. The van der Waals surface area contributed by atoms with Crippen LogP contribution in [0, 0.1) is 11.8 Å². The van der Waals surface area contributed by atoms with Crippen LogP contribution in [0.4, 0.5) is 18.0 Å². The van der Waals surface area contributed by atoms with Gasteiger partial charge in [-0.1, -0.05) is 11.8 Å². The number of halogens is 3. The third-order valence-corrected chi connectivity index (χ3v) is 2.47. The maximum absolute atomic E-state index is 12.4. The smallest absolute Gasteiger partial charge is 0.416 e. The summed E-state index contributed by atoms with van der Waals surface area (Å²) in [6.07, 6.45) is -4.82. The van der Waals surface area contributed by atoms with Crippen molar-refractivity contribution in [2.45, 2.75) is 39.0 Å². The molecule has 126 valence electrons. The Morgan fingerprint density at radius 2 is 1.96 bits per heavy atom. The highest BCUT2D eigenvalue weighted by Gasteiger charge is 2.30. The first-order chi connectivity index (χ1) is 10.5. The van der Waals surface area contributed by atoms with Crippen LogP contribution in [0.1, 0.15) is 38.3 Å². The zero-order chi connectivity index (χ0) is 17.7. The molecule has 1 aromatic carbocycles. The molecule has 2 N–H and O–H groups in total. The lowest BCUT2D eigenvalue weighted by molar-refractivity contribution is -0.137. The maximum Gasteiger partial charge on any atom is 0.416 e. The number of alkyl halides is 3. The Morgan fingerprint density at radius 1 is 1.30 bits per heavy atom. The average molecular weight is 329 g/mol. The molecule has 0 aliphatic heterocycles. The second-order valence-corrected chi connectivity index (χ2v) is 5.71. The van der Waals surface area contributed by atoms with Gasteiger partial charge in [0, 0.05) is 13.0 Å².